The van der Waals surface area contributed by atoms with Gasteiger partial charge in [0.2, 0.25) is 5.82 Å². The van der Waals surface area contributed by atoms with E-state index in [4.69, 9.17) is 4.74 Å². The Morgan fingerprint density at radius 2 is 1.77 bits per heavy atom. The monoisotopic (exact) mass is 416 g/mol. The highest BCUT2D eigenvalue weighted by Gasteiger charge is 2.36. The van der Waals surface area contributed by atoms with Crippen molar-refractivity contribution in [1.29, 1.82) is 0 Å². The summed E-state index contributed by atoms with van der Waals surface area (Å²) in [7, 11) is 0. The van der Waals surface area contributed by atoms with Crippen molar-refractivity contribution in [3.05, 3.63) is 53.9 Å². The number of hydrogen-bond acceptors (Lipinski definition) is 1. The van der Waals surface area contributed by atoms with Crippen molar-refractivity contribution in [3.8, 4) is 5.75 Å². The van der Waals surface area contributed by atoms with E-state index in [-0.39, 0.29) is 23.7 Å². The Bertz CT molecular complexity index is 922. The fourth-order valence-corrected chi connectivity index (χ4v) is 5.88. The number of halogens is 3. The maximum atomic E-state index is 15.4. The molecule has 0 spiro atoms. The summed E-state index contributed by atoms with van der Waals surface area (Å²) in [6.45, 7) is 5.82. The minimum Gasteiger partial charge on any atom is -0.486 e. The molecule has 0 aromatic heterocycles. The molecule has 0 saturated heterocycles. The lowest BCUT2D eigenvalue weighted by molar-refractivity contribution is 0.113. The van der Waals surface area contributed by atoms with Crippen molar-refractivity contribution in [3.63, 3.8) is 0 Å². The van der Waals surface area contributed by atoms with E-state index in [0.29, 0.717) is 16.9 Å². The number of rotatable bonds is 6. The van der Waals surface area contributed by atoms with Crippen molar-refractivity contribution in [2.75, 3.05) is 6.61 Å². The molecule has 0 radical (unpaired) electrons. The molecule has 2 fully saturated rings. The standard InChI is InChI=1S/C26H31F3O/c1-3-5-16-6-7-18-14-19(9-8-17(18)13-16)21-11-10-20-15-22(30-12-4-2)25(28)26(29)23(20)24(21)27/h4,10-11,15-19H,2-3,5-9,12-14H2,1H3. The molecule has 30 heavy (non-hydrogen) atoms. The second-order valence-corrected chi connectivity index (χ2v) is 9.17. The molecule has 4 rings (SSSR count). The van der Waals surface area contributed by atoms with Crippen LogP contribution in [0.3, 0.4) is 0 Å². The second-order valence-electron chi connectivity index (χ2n) is 9.17. The minimum atomic E-state index is -1.17. The van der Waals surface area contributed by atoms with Crippen LogP contribution in [0.4, 0.5) is 13.2 Å². The Morgan fingerprint density at radius 3 is 2.53 bits per heavy atom. The quantitative estimate of drug-likeness (QED) is 0.435. The van der Waals surface area contributed by atoms with Crippen molar-refractivity contribution in [2.24, 2.45) is 17.8 Å². The average Bonchev–Trinajstić information content (AvgIpc) is 2.75. The summed E-state index contributed by atoms with van der Waals surface area (Å²) in [5, 5.41) is 0.0627. The summed E-state index contributed by atoms with van der Waals surface area (Å²) >= 11 is 0. The van der Waals surface area contributed by atoms with Gasteiger partial charge in [-0.05, 0) is 72.8 Å². The molecule has 0 amide bonds. The van der Waals surface area contributed by atoms with Crippen molar-refractivity contribution < 1.29 is 17.9 Å². The van der Waals surface area contributed by atoms with Crippen LogP contribution in [0.2, 0.25) is 0 Å². The van der Waals surface area contributed by atoms with Gasteiger partial charge in [-0.25, -0.2) is 8.78 Å². The third-order valence-corrected chi connectivity index (χ3v) is 7.33. The zero-order chi connectivity index (χ0) is 21.3. The van der Waals surface area contributed by atoms with Crippen LogP contribution in [0.5, 0.6) is 5.75 Å². The van der Waals surface area contributed by atoms with Gasteiger partial charge in [0.1, 0.15) is 12.4 Å². The summed E-state index contributed by atoms with van der Waals surface area (Å²) in [5.74, 6) is -0.828. The lowest BCUT2D eigenvalue weighted by atomic mass is 9.63. The molecule has 1 nitrogen and oxygen atoms in total. The minimum absolute atomic E-state index is 0.0617. The summed E-state index contributed by atoms with van der Waals surface area (Å²) < 4.78 is 49.8. The Labute approximate surface area is 177 Å². The van der Waals surface area contributed by atoms with E-state index in [9.17, 15) is 8.78 Å². The van der Waals surface area contributed by atoms with Gasteiger partial charge in [0.25, 0.3) is 0 Å². The van der Waals surface area contributed by atoms with Gasteiger partial charge in [0.05, 0.1) is 5.39 Å². The fourth-order valence-electron chi connectivity index (χ4n) is 5.88. The second kappa shape index (κ2) is 9.03. The molecule has 2 aromatic carbocycles. The molecule has 2 saturated carbocycles. The molecule has 0 bridgehead atoms. The molecule has 0 N–H and O–H groups in total. The fraction of sp³-hybridized carbons (Fsp3) is 0.538. The van der Waals surface area contributed by atoms with Crippen LogP contribution < -0.4 is 4.74 Å². The van der Waals surface area contributed by atoms with E-state index in [0.717, 1.165) is 31.1 Å². The Morgan fingerprint density at radius 1 is 1.00 bits per heavy atom. The zero-order valence-electron chi connectivity index (χ0n) is 17.7. The zero-order valence-corrected chi connectivity index (χ0v) is 17.7. The van der Waals surface area contributed by atoms with Gasteiger partial charge in [-0.2, -0.15) is 4.39 Å². The van der Waals surface area contributed by atoms with Gasteiger partial charge in [-0.3, -0.25) is 0 Å². The van der Waals surface area contributed by atoms with E-state index in [2.05, 4.69) is 13.5 Å². The lowest BCUT2D eigenvalue weighted by Gasteiger charge is -2.42. The van der Waals surface area contributed by atoms with Gasteiger partial charge in [0, 0.05) is 0 Å². The SMILES string of the molecule is C=CCOc1cc2ccc(C3CCC4CC(CCC)CCC4C3)c(F)c2c(F)c1F. The highest BCUT2D eigenvalue weighted by atomic mass is 19.2. The molecule has 4 atom stereocenters. The molecule has 162 valence electrons. The topological polar surface area (TPSA) is 9.23 Å². The first-order chi connectivity index (χ1) is 14.5. The van der Waals surface area contributed by atoms with E-state index >= 15 is 4.39 Å². The third-order valence-electron chi connectivity index (χ3n) is 7.33. The molecule has 0 heterocycles. The summed E-state index contributed by atoms with van der Waals surface area (Å²) in [5.41, 5.74) is 0.537. The highest BCUT2D eigenvalue weighted by Crippen LogP contribution is 2.49. The van der Waals surface area contributed by atoms with E-state index in [1.807, 2.05) is 0 Å². The first kappa shape index (κ1) is 21.3. The summed E-state index contributed by atoms with van der Waals surface area (Å²) in [6, 6.07) is 4.83. The van der Waals surface area contributed by atoms with E-state index < -0.39 is 17.5 Å². The molecular weight excluding hydrogens is 385 g/mol. The molecule has 2 aliphatic carbocycles. The maximum absolute atomic E-state index is 15.4. The molecule has 2 aromatic rings. The third kappa shape index (κ3) is 3.98. The van der Waals surface area contributed by atoms with Crippen LogP contribution in [0, 0.1) is 35.2 Å². The molecule has 4 heteroatoms. The molecular formula is C26H31F3O. The maximum Gasteiger partial charge on any atom is 0.201 e. The van der Waals surface area contributed by atoms with E-state index in [1.165, 1.54) is 44.2 Å². The molecule has 2 aliphatic rings. The van der Waals surface area contributed by atoms with Gasteiger partial charge in [-0.1, -0.05) is 51.0 Å². The first-order valence-electron chi connectivity index (χ1n) is 11.4. The number of benzene rings is 2. The van der Waals surface area contributed by atoms with Crippen LogP contribution in [0.1, 0.15) is 69.8 Å². The predicted molar refractivity (Wildman–Crippen MR) is 115 cm³/mol. The van der Waals surface area contributed by atoms with Crippen molar-refractivity contribution in [2.45, 2.75) is 64.2 Å². The van der Waals surface area contributed by atoms with Crippen LogP contribution >= 0.6 is 0 Å². The predicted octanol–water partition coefficient (Wildman–Crippen LogP) is 7.92. The lowest BCUT2D eigenvalue weighted by Crippen LogP contribution is -2.30. The smallest absolute Gasteiger partial charge is 0.201 e. The first-order valence-corrected chi connectivity index (χ1v) is 11.4. The van der Waals surface area contributed by atoms with E-state index in [1.54, 1.807) is 12.1 Å². The largest absolute Gasteiger partial charge is 0.486 e. The van der Waals surface area contributed by atoms with Crippen LogP contribution in [0.15, 0.2) is 30.9 Å². The number of fused-ring (bicyclic) bond motifs is 2. The van der Waals surface area contributed by atoms with Crippen LogP contribution in [-0.2, 0) is 0 Å². The molecule has 0 aliphatic heterocycles. The molecule has 4 unspecified atom stereocenters. The van der Waals surface area contributed by atoms with Crippen LogP contribution in [-0.4, -0.2) is 6.61 Å². The van der Waals surface area contributed by atoms with Gasteiger partial charge < -0.3 is 4.74 Å². The Balaban J connectivity index is 1.59. The Kier molecular flexibility index (Phi) is 6.40. The average molecular weight is 417 g/mol. The van der Waals surface area contributed by atoms with Crippen LogP contribution in [0.25, 0.3) is 10.8 Å². The number of ether oxygens (including phenoxy) is 1. The normalized spacial score (nSPS) is 26.4. The van der Waals surface area contributed by atoms with Crippen molar-refractivity contribution >= 4 is 10.8 Å². The van der Waals surface area contributed by atoms with Crippen molar-refractivity contribution in [1.82, 2.24) is 0 Å². The number of hydrogen-bond donors (Lipinski definition) is 0. The summed E-state index contributed by atoms with van der Waals surface area (Å²) in [6.07, 6.45) is 10.8. The Hall–Kier alpha value is -1.97. The van der Waals surface area contributed by atoms with Gasteiger partial charge >= 0.3 is 0 Å². The van der Waals surface area contributed by atoms with Gasteiger partial charge in [0.15, 0.2) is 11.6 Å². The summed E-state index contributed by atoms with van der Waals surface area (Å²) in [4.78, 5) is 0. The highest BCUT2D eigenvalue weighted by molar-refractivity contribution is 5.86. The van der Waals surface area contributed by atoms with Gasteiger partial charge in [-0.15, -0.1) is 0 Å².